The maximum Gasteiger partial charge on any atom is 0.264 e. The van der Waals surface area contributed by atoms with Crippen LogP contribution in [0.3, 0.4) is 0 Å². The van der Waals surface area contributed by atoms with Gasteiger partial charge in [-0.2, -0.15) is 0 Å². The number of alkyl halides is 2. The fraction of sp³-hybridized carbons (Fsp3) is 0.500. The van der Waals surface area contributed by atoms with Crippen molar-refractivity contribution in [2.75, 3.05) is 48.3 Å². The number of rotatable bonds is 7. The molecule has 3 aromatic rings. The molecule has 0 radical (unpaired) electrons. The zero-order chi connectivity index (χ0) is 31.0. The Balaban J connectivity index is 1.52. The van der Waals surface area contributed by atoms with E-state index in [1.807, 2.05) is 30.7 Å². The van der Waals surface area contributed by atoms with Crippen LogP contribution in [0.5, 0.6) is 0 Å². The fourth-order valence-corrected chi connectivity index (χ4v) is 5.88. The van der Waals surface area contributed by atoms with E-state index in [1.54, 1.807) is 12.4 Å². The zero-order valence-corrected chi connectivity index (χ0v) is 24.9. The highest BCUT2D eigenvalue weighted by Crippen LogP contribution is 2.38. The van der Waals surface area contributed by atoms with Gasteiger partial charge in [0.25, 0.3) is 6.43 Å². The molecular formula is C30H38F3N7O3. The number of aromatic amines is 1. The highest BCUT2D eigenvalue weighted by atomic mass is 19.3. The number of nitrogens with one attached hydrogen (secondary N) is 2. The summed E-state index contributed by atoms with van der Waals surface area (Å²) in [4.78, 5) is 29.3. The molecule has 5 atom stereocenters. The molecule has 13 heteroatoms. The number of piperazine rings is 1. The number of hydrogen-bond donors (Lipinski definition) is 3. The molecule has 0 bridgehead atoms. The summed E-state index contributed by atoms with van der Waals surface area (Å²) in [6, 6.07) is 3.99. The highest BCUT2D eigenvalue weighted by molar-refractivity contribution is 5.79. The van der Waals surface area contributed by atoms with Crippen LogP contribution >= 0.6 is 0 Å². The number of likely N-dealkylation sites (N-methyl/N-ethyl adjacent to an activating group) is 1. The highest BCUT2D eigenvalue weighted by Gasteiger charge is 2.30. The van der Waals surface area contributed by atoms with Crippen molar-refractivity contribution >= 4 is 17.3 Å². The molecule has 5 rings (SSSR count). The van der Waals surface area contributed by atoms with Gasteiger partial charge in [0.1, 0.15) is 5.82 Å². The van der Waals surface area contributed by atoms with Crippen LogP contribution in [0.4, 0.5) is 30.5 Å². The van der Waals surface area contributed by atoms with Crippen LogP contribution in [0, 0.1) is 5.82 Å². The third-order valence-corrected chi connectivity index (χ3v) is 8.25. The first-order chi connectivity index (χ1) is 20.4. The summed E-state index contributed by atoms with van der Waals surface area (Å²) in [7, 11) is 2.03. The molecule has 0 amide bonds. The number of hydrogen-bond acceptors (Lipinski definition) is 9. The lowest BCUT2D eigenvalue weighted by molar-refractivity contribution is -0.00572. The van der Waals surface area contributed by atoms with Crippen molar-refractivity contribution < 1.29 is 23.0 Å². The molecule has 2 unspecified atom stereocenters. The lowest BCUT2D eigenvalue weighted by Gasteiger charge is -2.44. The average Bonchev–Trinajstić information content (AvgIpc) is 2.95. The summed E-state index contributed by atoms with van der Waals surface area (Å²) in [6.45, 7) is 10.5. The summed E-state index contributed by atoms with van der Waals surface area (Å²) in [5.74, 6) is -0.00823. The van der Waals surface area contributed by atoms with E-state index in [0.29, 0.717) is 49.1 Å². The van der Waals surface area contributed by atoms with E-state index in [1.165, 1.54) is 12.1 Å². The monoisotopic (exact) mass is 601 g/mol. The van der Waals surface area contributed by atoms with Gasteiger partial charge in [-0.3, -0.25) is 9.69 Å². The van der Waals surface area contributed by atoms with E-state index >= 15 is 4.39 Å². The minimum Gasteiger partial charge on any atom is -0.372 e. The van der Waals surface area contributed by atoms with Gasteiger partial charge in [-0.05, 0) is 46.9 Å². The second-order valence-corrected chi connectivity index (χ2v) is 11.6. The Morgan fingerprint density at radius 2 is 1.60 bits per heavy atom. The van der Waals surface area contributed by atoms with Gasteiger partial charge in [0.15, 0.2) is 6.23 Å². The molecule has 0 aliphatic carbocycles. The van der Waals surface area contributed by atoms with E-state index in [-0.39, 0.29) is 35.4 Å². The van der Waals surface area contributed by atoms with Gasteiger partial charge in [-0.25, -0.2) is 23.1 Å². The molecule has 2 saturated heterocycles. The first kappa shape index (κ1) is 30.8. The fourth-order valence-electron chi connectivity index (χ4n) is 5.88. The number of pyridine rings is 1. The van der Waals surface area contributed by atoms with Crippen molar-refractivity contribution in [3.05, 3.63) is 64.1 Å². The number of anilines is 3. The molecule has 2 fully saturated rings. The predicted octanol–water partition coefficient (Wildman–Crippen LogP) is 4.15. The number of nitrogens with zero attached hydrogens (tertiary/aromatic N) is 5. The molecule has 232 valence electrons. The Bertz CT molecular complexity index is 1470. The van der Waals surface area contributed by atoms with Crippen LogP contribution in [-0.2, 0) is 4.74 Å². The van der Waals surface area contributed by atoms with Crippen molar-refractivity contribution in [1.82, 2.24) is 19.9 Å². The van der Waals surface area contributed by atoms with Crippen LogP contribution in [-0.4, -0.2) is 82.5 Å². The Labute approximate surface area is 248 Å². The Morgan fingerprint density at radius 1 is 0.977 bits per heavy atom. The van der Waals surface area contributed by atoms with Gasteiger partial charge in [-0.15, -0.1) is 0 Å². The van der Waals surface area contributed by atoms with Gasteiger partial charge in [-0.1, -0.05) is 0 Å². The van der Waals surface area contributed by atoms with Crippen LogP contribution in [0.25, 0.3) is 11.1 Å². The number of aliphatic hydroxyl groups excluding tert-OH is 1. The second-order valence-electron chi connectivity index (χ2n) is 11.6. The maximum absolute atomic E-state index is 15.8. The molecule has 1 aromatic carbocycles. The van der Waals surface area contributed by atoms with Gasteiger partial charge in [0, 0.05) is 85.2 Å². The van der Waals surface area contributed by atoms with Crippen molar-refractivity contribution in [2.24, 2.45) is 0 Å². The minimum absolute atomic E-state index is 0.0186. The molecule has 4 heterocycles. The average molecular weight is 602 g/mol. The maximum atomic E-state index is 15.8. The number of aromatic nitrogens is 3. The lowest BCUT2D eigenvalue weighted by Crippen LogP contribution is -2.55. The minimum atomic E-state index is -2.98. The van der Waals surface area contributed by atoms with Crippen molar-refractivity contribution in [2.45, 2.75) is 64.6 Å². The number of aliphatic hydroxyl groups is 1. The van der Waals surface area contributed by atoms with E-state index < -0.39 is 29.6 Å². The quantitative estimate of drug-likeness (QED) is 0.344. The number of morpholine rings is 1. The van der Waals surface area contributed by atoms with Crippen LogP contribution < -0.4 is 20.7 Å². The molecule has 0 spiro atoms. The van der Waals surface area contributed by atoms with Gasteiger partial charge in [0.2, 0.25) is 11.5 Å². The molecule has 2 aromatic heterocycles. The van der Waals surface area contributed by atoms with Crippen molar-refractivity contribution in [1.29, 1.82) is 0 Å². The zero-order valence-electron chi connectivity index (χ0n) is 24.9. The van der Waals surface area contributed by atoms with Crippen molar-refractivity contribution in [3.8, 4) is 11.1 Å². The number of halogens is 3. The summed E-state index contributed by atoms with van der Waals surface area (Å²) in [5.41, 5.74) is -0.0843. The van der Waals surface area contributed by atoms with Crippen LogP contribution in [0.15, 0.2) is 41.6 Å². The molecule has 2 aliphatic rings. The molecule has 10 nitrogen and oxygen atoms in total. The summed E-state index contributed by atoms with van der Waals surface area (Å²) >= 11 is 0. The molecule has 3 N–H and O–H groups in total. The standard InChI is InChI=1S/C30H38F3N7O3/c1-16-12-39(13-17(2)38(16)5)26-8-24(31)21(20-9-35-30(36-10-20)40-14-18(3)43-19(4)15-40)6-25(26)37-29(42)23-11-34-27(41)7-22(23)28(32)33/h6-11,16-19,28-29,37,42H,12-15H2,1-5H3,(H,34,41)/t16-,17?,18-,19+,29?/m0/s1. The van der Waals surface area contributed by atoms with Crippen LogP contribution in [0.2, 0.25) is 0 Å². The van der Waals surface area contributed by atoms with Crippen molar-refractivity contribution in [3.63, 3.8) is 0 Å². The third kappa shape index (κ3) is 6.63. The van der Waals surface area contributed by atoms with E-state index in [4.69, 9.17) is 4.74 Å². The Morgan fingerprint density at radius 3 is 2.21 bits per heavy atom. The van der Waals surface area contributed by atoms with E-state index in [9.17, 15) is 18.7 Å². The SMILES string of the molecule is CC1CN(c2cc(F)c(-c3cnc(N4C[C@@H](C)O[C@@H](C)C4)nc3)cc2NC(O)c2c[nH]c(=O)cc2C(F)F)C[C@H](C)N1C. The molecule has 43 heavy (non-hydrogen) atoms. The Hall–Kier alpha value is -3.68. The van der Waals surface area contributed by atoms with Gasteiger partial charge < -0.3 is 29.9 Å². The van der Waals surface area contributed by atoms with Crippen LogP contribution in [0.1, 0.15) is 51.5 Å². The first-order valence-electron chi connectivity index (χ1n) is 14.4. The topological polar surface area (TPSA) is 110 Å². The molecule has 2 aliphatic heterocycles. The normalized spacial score (nSPS) is 24.0. The number of benzene rings is 1. The number of ether oxygens (including phenoxy) is 1. The predicted molar refractivity (Wildman–Crippen MR) is 159 cm³/mol. The van der Waals surface area contributed by atoms with E-state index in [0.717, 1.165) is 12.3 Å². The summed E-state index contributed by atoms with van der Waals surface area (Å²) in [5, 5.41) is 14.0. The molecule has 0 saturated carbocycles. The Kier molecular flexibility index (Phi) is 8.95. The third-order valence-electron chi connectivity index (χ3n) is 8.25. The smallest absolute Gasteiger partial charge is 0.264 e. The first-order valence-corrected chi connectivity index (χ1v) is 14.4. The van der Waals surface area contributed by atoms with Gasteiger partial charge >= 0.3 is 0 Å². The second kappa shape index (κ2) is 12.5. The number of H-pyrrole nitrogens is 1. The molecular weight excluding hydrogens is 563 g/mol. The summed E-state index contributed by atoms with van der Waals surface area (Å²) < 4.78 is 49.2. The van der Waals surface area contributed by atoms with Gasteiger partial charge in [0.05, 0.1) is 23.6 Å². The summed E-state index contributed by atoms with van der Waals surface area (Å²) in [6.07, 6.45) is -0.417. The lowest BCUT2D eigenvalue weighted by atomic mass is 10.0. The largest absolute Gasteiger partial charge is 0.372 e. The van der Waals surface area contributed by atoms with E-state index in [2.05, 4.69) is 39.0 Å².